The van der Waals surface area contributed by atoms with E-state index in [0.717, 1.165) is 40.7 Å². The summed E-state index contributed by atoms with van der Waals surface area (Å²) in [6, 6.07) is 9.98. The molecule has 1 heterocycles. The summed E-state index contributed by atoms with van der Waals surface area (Å²) < 4.78 is 103. The van der Waals surface area contributed by atoms with Crippen LogP contribution in [0.25, 0.3) is 11.1 Å². The van der Waals surface area contributed by atoms with E-state index in [1.165, 1.54) is 18.2 Å². The monoisotopic (exact) mass is 553 g/mol. The molecule has 0 spiro atoms. The number of ether oxygens (including phenoxy) is 1. The van der Waals surface area contributed by atoms with Crippen molar-refractivity contribution in [3.8, 4) is 16.9 Å². The van der Waals surface area contributed by atoms with Crippen LogP contribution in [0.15, 0.2) is 65.6 Å². The molecule has 0 bridgehead atoms. The van der Waals surface area contributed by atoms with Crippen molar-refractivity contribution in [2.75, 3.05) is 10.8 Å². The topological polar surface area (TPSA) is 83.9 Å². The third kappa shape index (κ3) is 4.46. The molecule has 12 heteroatoms. The zero-order valence-electron chi connectivity index (χ0n) is 19.6. The van der Waals surface area contributed by atoms with E-state index in [1.807, 2.05) is 0 Å². The molecule has 0 unspecified atom stereocenters. The van der Waals surface area contributed by atoms with E-state index in [9.17, 15) is 40.3 Å². The predicted octanol–water partition coefficient (Wildman–Crippen LogP) is 5.57. The molecule has 1 N–H and O–H groups in total. The second-order valence-electron chi connectivity index (χ2n) is 9.33. The van der Waals surface area contributed by atoms with Crippen LogP contribution in [0.4, 0.5) is 27.6 Å². The first kappa shape index (κ1) is 26.0. The van der Waals surface area contributed by atoms with Crippen molar-refractivity contribution in [3.63, 3.8) is 0 Å². The molecule has 0 radical (unpaired) electrons. The van der Waals surface area contributed by atoms with Gasteiger partial charge in [0.1, 0.15) is 23.5 Å². The quantitative estimate of drug-likeness (QED) is 0.418. The molecule has 2 aliphatic rings. The Morgan fingerprint density at radius 3 is 2.45 bits per heavy atom. The van der Waals surface area contributed by atoms with Gasteiger partial charge in [0, 0.05) is 11.5 Å². The summed E-state index contributed by atoms with van der Waals surface area (Å²) in [7, 11) is -4.63. The van der Waals surface area contributed by atoms with Gasteiger partial charge in [-0.05, 0) is 60.0 Å². The molecule has 1 saturated carbocycles. The van der Waals surface area contributed by atoms with Crippen molar-refractivity contribution in [1.29, 1.82) is 0 Å². The summed E-state index contributed by atoms with van der Waals surface area (Å²) in [5, 5.41) is 9.48. The number of carbonyl (C=O) groups is 1. The van der Waals surface area contributed by atoms with Gasteiger partial charge < -0.3 is 9.84 Å². The van der Waals surface area contributed by atoms with E-state index in [2.05, 4.69) is 0 Å². The van der Waals surface area contributed by atoms with Gasteiger partial charge in [0.05, 0.1) is 28.6 Å². The molecule has 3 aromatic carbocycles. The van der Waals surface area contributed by atoms with Crippen LogP contribution in [-0.2, 0) is 21.0 Å². The van der Waals surface area contributed by atoms with Crippen LogP contribution in [0.3, 0.4) is 0 Å². The number of alkyl halides is 3. The number of anilines is 1. The molecule has 1 fully saturated rings. The van der Waals surface area contributed by atoms with Gasteiger partial charge in [-0.15, -0.1) is 0 Å². The third-order valence-corrected chi connectivity index (χ3v) is 8.78. The Balaban J connectivity index is 1.63. The summed E-state index contributed by atoms with van der Waals surface area (Å²) in [6.07, 6.45) is -5.70. The number of hydrogen-bond acceptors (Lipinski definition) is 4. The normalized spacial score (nSPS) is 22.9. The Kier molecular flexibility index (Phi) is 6.13. The highest BCUT2D eigenvalue weighted by Crippen LogP contribution is 2.52. The van der Waals surface area contributed by atoms with Crippen molar-refractivity contribution in [1.82, 2.24) is 0 Å². The predicted molar refractivity (Wildman–Crippen MR) is 126 cm³/mol. The average Bonchev–Trinajstić information content (AvgIpc) is 3.55. The van der Waals surface area contributed by atoms with Crippen LogP contribution in [-0.4, -0.2) is 32.1 Å². The standard InChI is InChI=1S/C26H20F5NO5S/c1-13-23(24(13)25(33)34)22-12-32(38(35,36)17-4-2-3-15(10-17)26(29,30)31)20-9-14(5-8-21(20)37-22)18-11-16(27)6-7-19(18)28/h2-11,13,22-24H,12H2,1H3,(H,33,34)/t13-,22+,23-,24+/m0/s1. The maximum atomic E-state index is 14.5. The van der Waals surface area contributed by atoms with Gasteiger partial charge in [0.15, 0.2) is 0 Å². The number of fused-ring (bicyclic) bond motifs is 1. The smallest absolute Gasteiger partial charge is 0.416 e. The molecule has 1 aliphatic carbocycles. The molecular formula is C26H20F5NO5S. The fourth-order valence-electron chi connectivity index (χ4n) is 5.00. The van der Waals surface area contributed by atoms with Crippen LogP contribution in [0.5, 0.6) is 5.75 Å². The number of hydrogen-bond donors (Lipinski definition) is 1. The van der Waals surface area contributed by atoms with Gasteiger partial charge in [-0.25, -0.2) is 17.2 Å². The van der Waals surface area contributed by atoms with Gasteiger partial charge >= 0.3 is 12.1 Å². The maximum Gasteiger partial charge on any atom is 0.416 e. The lowest BCUT2D eigenvalue weighted by molar-refractivity contribution is -0.139. The van der Waals surface area contributed by atoms with Crippen LogP contribution in [0, 0.1) is 29.4 Å². The van der Waals surface area contributed by atoms with Gasteiger partial charge in [-0.3, -0.25) is 9.10 Å². The molecule has 38 heavy (non-hydrogen) atoms. The number of nitrogens with zero attached hydrogens (tertiary/aromatic N) is 1. The van der Waals surface area contributed by atoms with Gasteiger partial charge in [0.2, 0.25) is 0 Å². The lowest BCUT2D eigenvalue weighted by Crippen LogP contribution is -2.45. The maximum absolute atomic E-state index is 14.5. The first-order chi connectivity index (χ1) is 17.8. The van der Waals surface area contributed by atoms with Crippen molar-refractivity contribution in [2.24, 2.45) is 17.8 Å². The molecule has 0 amide bonds. The Hall–Kier alpha value is -3.67. The highest BCUT2D eigenvalue weighted by Gasteiger charge is 2.58. The number of carboxylic acid groups (broad SMARTS) is 1. The number of benzene rings is 3. The second kappa shape index (κ2) is 8.97. The Bertz CT molecular complexity index is 1540. The molecule has 1 aliphatic heterocycles. The van der Waals surface area contributed by atoms with E-state index in [1.54, 1.807) is 6.92 Å². The third-order valence-electron chi connectivity index (χ3n) is 7.00. The molecule has 0 aromatic heterocycles. The first-order valence-corrected chi connectivity index (χ1v) is 12.9. The van der Waals surface area contributed by atoms with Crippen molar-refractivity contribution in [3.05, 3.63) is 77.9 Å². The van der Waals surface area contributed by atoms with Gasteiger partial charge in [0.25, 0.3) is 10.0 Å². The average molecular weight is 554 g/mol. The largest absolute Gasteiger partial charge is 0.486 e. The van der Waals surface area contributed by atoms with Crippen LogP contribution in [0.2, 0.25) is 0 Å². The fourth-order valence-corrected chi connectivity index (χ4v) is 6.53. The van der Waals surface area contributed by atoms with E-state index in [-0.39, 0.29) is 35.0 Å². The zero-order valence-corrected chi connectivity index (χ0v) is 20.4. The molecule has 4 atom stereocenters. The summed E-state index contributed by atoms with van der Waals surface area (Å²) in [6.45, 7) is 1.29. The number of aliphatic carboxylic acids is 1. The summed E-state index contributed by atoms with van der Waals surface area (Å²) >= 11 is 0. The summed E-state index contributed by atoms with van der Waals surface area (Å²) in [4.78, 5) is 11.0. The molecule has 3 aromatic rings. The van der Waals surface area contributed by atoms with E-state index >= 15 is 0 Å². The molecule has 6 nitrogen and oxygen atoms in total. The van der Waals surface area contributed by atoms with E-state index in [4.69, 9.17) is 4.74 Å². The summed E-state index contributed by atoms with van der Waals surface area (Å²) in [5.74, 6) is -4.20. The molecule has 5 rings (SSSR count). The van der Waals surface area contributed by atoms with Crippen LogP contribution < -0.4 is 9.04 Å². The molecular weight excluding hydrogens is 533 g/mol. The van der Waals surface area contributed by atoms with E-state index in [0.29, 0.717) is 6.07 Å². The lowest BCUT2D eigenvalue weighted by Gasteiger charge is -2.36. The Morgan fingerprint density at radius 1 is 1.05 bits per heavy atom. The van der Waals surface area contributed by atoms with Crippen LogP contribution in [0.1, 0.15) is 12.5 Å². The Labute approximate surface area is 214 Å². The highest BCUT2D eigenvalue weighted by atomic mass is 32.2. The van der Waals surface area contributed by atoms with Crippen LogP contribution >= 0.6 is 0 Å². The second-order valence-corrected chi connectivity index (χ2v) is 11.2. The minimum absolute atomic E-state index is 0.0144. The number of carboxylic acids is 1. The minimum Gasteiger partial charge on any atom is -0.486 e. The Morgan fingerprint density at radius 2 is 1.79 bits per heavy atom. The lowest BCUT2D eigenvalue weighted by atomic mass is 10.0. The highest BCUT2D eigenvalue weighted by molar-refractivity contribution is 7.92. The molecule has 0 saturated heterocycles. The fraction of sp³-hybridized carbons (Fsp3) is 0.269. The minimum atomic E-state index is -4.79. The number of sulfonamides is 1. The molecule has 200 valence electrons. The summed E-state index contributed by atoms with van der Waals surface area (Å²) in [5.41, 5.74) is -1.32. The number of halogens is 5. The zero-order chi connectivity index (χ0) is 27.6. The van der Waals surface area contributed by atoms with Crippen molar-refractivity contribution in [2.45, 2.75) is 24.1 Å². The van der Waals surface area contributed by atoms with E-state index < -0.39 is 62.2 Å². The van der Waals surface area contributed by atoms with Gasteiger partial charge in [-0.1, -0.05) is 19.1 Å². The van der Waals surface area contributed by atoms with Crippen molar-refractivity contribution >= 4 is 21.7 Å². The van der Waals surface area contributed by atoms with Crippen molar-refractivity contribution < 1.29 is 45.0 Å². The SMILES string of the molecule is C[C@@H]1[C@@H](C(=O)O)[C@@H]1[C@H]1CN(S(=O)(=O)c2cccc(C(F)(F)F)c2)c2cc(-c3cc(F)ccc3F)ccc2O1. The van der Waals surface area contributed by atoms with Gasteiger partial charge in [-0.2, -0.15) is 13.2 Å². The number of rotatable bonds is 5. The first-order valence-electron chi connectivity index (χ1n) is 11.5.